The van der Waals surface area contributed by atoms with E-state index in [1.807, 2.05) is 27.7 Å². The molecule has 0 saturated carbocycles. The first-order valence-electron chi connectivity index (χ1n) is 4.41. The van der Waals surface area contributed by atoms with Gasteiger partial charge in [-0.25, -0.2) is 9.78 Å². The third-order valence-corrected chi connectivity index (χ3v) is 3.27. The number of anilines is 1. The van der Waals surface area contributed by atoms with E-state index in [1.165, 1.54) is 11.3 Å². The van der Waals surface area contributed by atoms with Gasteiger partial charge in [0.05, 0.1) is 9.48 Å². The van der Waals surface area contributed by atoms with Crippen molar-refractivity contribution >= 4 is 38.5 Å². The van der Waals surface area contributed by atoms with Crippen LogP contribution < -0.4 is 5.32 Å². The predicted molar refractivity (Wildman–Crippen MR) is 64.4 cm³/mol. The molecule has 1 aromatic rings. The maximum Gasteiger partial charge on any atom is 0.413 e. The smallest absolute Gasteiger partial charge is 0.413 e. The Bertz CT molecular complexity index is 351. The normalized spacial score (nSPS) is 11.3. The van der Waals surface area contributed by atoms with Crippen LogP contribution in [0.25, 0.3) is 0 Å². The fourth-order valence-electron chi connectivity index (χ4n) is 0.822. The van der Waals surface area contributed by atoms with Crippen molar-refractivity contribution in [2.24, 2.45) is 0 Å². The van der Waals surface area contributed by atoms with Crippen molar-refractivity contribution in [3.8, 4) is 0 Å². The average molecular weight is 293 g/mol. The Morgan fingerprint density at radius 2 is 2.13 bits per heavy atom. The van der Waals surface area contributed by atoms with Crippen molar-refractivity contribution in [3.63, 3.8) is 0 Å². The molecule has 0 bridgehead atoms. The van der Waals surface area contributed by atoms with Crippen LogP contribution in [0.1, 0.15) is 26.5 Å². The SMILES string of the molecule is Cc1nc(NC(=O)OC(C)(C)C)sc1Br. The molecule has 1 amide bonds. The van der Waals surface area contributed by atoms with Gasteiger partial charge in [-0.05, 0) is 43.6 Å². The van der Waals surface area contributed by atoms with E-state index in [0.29, 0.717) is 5.13 Å². The van der Waals surface area contributed by atoms with Crippen LogP contribution in [0.2, 0.25) is 0 Å². The highest BCUT2D eigenvalue weighted by Gasteiger charge is 2.17. The molecule has 15 heavy (non-hydrogen) atoms. The van der Waals surface area contributed by atoms with Crippen LogP contribution in [0.3, 0.4) is 0 Å². The molecule has 0 unspecified atom stereocenters. The van der Waals surface area contributed by atoms with Crippen molar-refractivity contribution in [2.45, 2.75) is 33.3 Å². The molecule has 0 aliphatic carbocycles. The van der Waals surface area contributed by atoms with Crippen molar-refractivity contribution in [1.29, 1.82) is 0 Å². The van der Waals surface area contributed by atoms with E-state index in [4.69, 9.17) is 4.74 Å². The molecule has 0 fully saturated rings. The molecule has 4 nitrogen and oxygen atoms in total. The Hall–Kier alpha value is -0.620. The van der Waals surface area contributed by atoms with Crippen molar-refractivity contribution in [1.82, 2.24) is 4.98 Å². The first kappa shape index (κ1) is 12.4. The van der Waals surface area contributed by atoms with Crippen LogP contribution >= 0.6 is 27.3 Å². The van der Waals surface area contributed by atoms with E-state index in [1.54, 1.807) is 0 Å². The minimum Gasteiger partial charge on any atom is -0.444 e. The summed E-state index contributed by atoms with van der Waals surface area (Å²) in [6, 6.07) is 0. The number of aryl methyl sites for hydroxylation is 1. The van der Waals surface area contributed by atoms with Gasteiger partial charge in [-0.1, -0.05) is 11.3 Å². The second-order valence-corrected chi connectivity index (χ2v) is 6.32. The molecule has 0 aromatic carbocycles. The van der Waals surface area contributed by atoms with Gasteiger partial charge < -0.3 is 4.74 Å². The van der Waals surface area contributed by atoms with Crippen LogP contribution in [0, 0.1) is 6.92 Å². The lowest BCUT2D eigenvalue weighted by Crippen LogP contribution is -2.27. The lowest BCUT2D eigenvalue weighted by molar-refractivity contribution is 0.0636. The Morgan fingerprint density at radius 1 is 1.53 bits per heavy atom. The molecule has 0 radical (unpaired) electrons. The minimum atomic E-state index is -0.492. The number of nitrogens with one attached hydrogen (secondary N) is 1. The number of thiazole rings is 1. The highest BCUT2D eigenvalue weighted by Crippen LogP contribution is 2.27. The minimum absolute atomic E-state index is 0.483. The summed E-state index contributed by atoms with van der Waals surface area (Å²) in [7, 11) is 0. The zero-order valence-corrected chi connectivity index (χ0v) is 11.5. The Morgan fingerprint density at radius 3 is 2.53 bits per heavy atom. The summed E-state index contributed by atoms with van der Waals surface area (Å²) < 4.78 is 6.00. The lowest BCUT2D eigenvalue weighted by Gasteiger charge is -2.18. The van der Waals surface area contributed by atoms with Gasteiger partial charge in [0.1, 0.15) is 5.60 Å². The standard InChI is InChI=1S/C9H13BrN2O2S/c1-5-6(10)15-7(11-5)12-8(13)14-9(2,3)4/h1-4H3,(H,11,12,13). The number of carbonyl (C=O) groups excluding carboxylic acids is 1. The average Bonchev–Trinajstić information content (AvgIpc) is 2.26. The number of aromatic nitrogens is 1. The van der Waals surface area contributed by atoms with Gasteiger partial charge in [0.2, 0.25) is 0 Å². The summed E-state index contributed by atoms with van der Waals surface area (Å²) in [5, 5.41) is 3.11. The quantitative estimate of drug-likeness (QED) is 0.861. The fraction of sp³-hybridized carbons (Fsp3) is 0.556. The number of carbonyl (C=O) groups is 1. The van der Waals surface area contributed by atoms with E-state index in [9.17, 15) is 4.79 Å². The zero-order valence-electron chi connectivity index (χ0n) is 9.05. The highest BCUT2D eigenvalue weighted by molar-refractivity contribution is 9.11. The van der Waals surface area contributed by atoms with Gasteiger partial charge in [-0.2, -0.15) is 0 Å². The largest absolute Gasteiger partial charge is 0.444 e. The van der Waals surface area contributed by atoms with Gasteiger partial charge in [-0.15, -0.1) is 0 Å². The number of nitrogens with zero attached hydrogens (tertiary/aromatic N) is 1. The molecule has 1 N–H and O–H groups in total. The summed E-state index contributed by atoms with van der Waals surface area (Å²) in [5.41, 5.74) is 0.360. The van der Waals surface area contributed by atoms with E-state index in [0.717, 1.165) is 9.48 Å². The van der Waals surface area contributed by atoms with Crippen molar-refractivity contribution in [3.05, 3.63) is 9.48 Å². The Kier molecular flexibility index (Phi) is 3.72. The molecule has 0 atom stereocenters. The fourth-order valence-corrected chi connectivity index (χ4v) is 2.05. The third kappa shape index (κ3) is 4.17. The van der Waals surface area contributed by atoms with E-state index in [-0.39, 0.29) is 0 Å². The molecular formula is C9H13BrN2O2S. The first-order chi connectivity index (χ1) is 6.78. The Labute approximate surface area is 101 Å². The number of hydrogen-bond donors (Lipinski definition) is 1. The number of rotatable bonds is 1. The number of halogens is 1. The van der Waals surface area contributed by atoms with E-state index < -0.39 is 11.7 Å². The second kappa shape index (κ2) is 4.49. The summed E-state index contributed by atoms with van der Waals surface area (Å²) >= 11 is 4.69. The molecule has 1 aromatic heterocycles. The maximum atomic E-state index is 11.4. The van der Waals surface area contributed by atoms with Gasteiger partial charge in [0, 0.05) is 0 Å². The Balaban J connectivity index is 2.59. The van der Waals surface area contributed by atoms with Crippen molar-refractivity contribution < 1.29 is 9.53 Å². The van der Waals surface area contributed by atoms with Crippen LogP contribution in [-0.2, 0) is 4.74 Å². The number of hydrogen-bond acceptors (Lipinski definition) is 4. The zero-order chi connectivity index (χ0) is 11.6. The number of ether oxygens (including phenoxy) is 1. The van der Waals surface area contributed by atoms with Gasteiger partial charge in [0.15, 0.2) is 5.13 Å². The summed E-state index contributed by atoms with van der Waals surface area (Å²) in [5.74, 6) is 0. The molecule has 0 aliphatic rings. The highest BCUT2D eigenvalue weighted by atomic mass is 79.9. The van der Waals surface area contributed by atoms with E-state index >= 15 is 0 Å². The molecule has 1 heterocycles. The summed E-state index contributed by atoms with van der Waals surface area (Å²) in [6.45, 7) is 7.31. The molecular weight excluding hydrogens is 280 g/mol. The second-order valence-electron chi connectivity index (χ2n) is 4.01. The summed E-state index contributed by atoms with van der Waals surface area (Å²) in [6.07, 6.45) is -0.483. The van der Waals surface area contributed by atoms with Gasteiger partial charge in [0.25, 0.3) is 0 Å². The summed E-state index contributed by atoms with van der Waals surface area (Å²) in [4.78, 5) is 15.5. The molecule has 84 valence electrons. The monoisotopic (exact) mass is 292 g/mol. The topological polar surface area (TPSA) is 51.2 Å². The van der Waals surface area contributed by atoms with Crippen LogP contribution in [0.5, 0.6) is 0 Å². The molecule has 1 rings (SSSR count). The van der Waals surface area contributed by atoms with Crippen LogP contribution in [0.15, 0.2) is 3.79 Å². The molecule has 6 heteroatoms. The van der Waals surface area contributed by atoms with Gasteiger partial charge >= 0.3 is 6.09 Å². The van der Waals surface area contributed by atoms with E-state index in [2.05, 4.69) is 26.2 Å². The molecule has 0 saturated heterocycles. The first-order valence-corrected chi connectivity index (χ1v) is 6.02. The van der Waals surface area contributed by atoms with Gasteiger partial charge in [-0.3, -0.25) is 5.32 Å². The number of amides is 1. The molecule has 0 spiro atoms. The van der Waals surface area contributed by atoms with Crippen molar-refractivity contribution in [2.75, 3.05) is 5.32 Å². The molecule has 0 aliphatic heterocycles. The lowest BCUT2D eigenvalue weighted by atomic mass is 10.2. The third-order valence-electron chi connectivity index (χ3n) is 1.35. The van der Waals surface area contributed by atoms with Crippen LogP contribution in [0.4, 0.5) is 9.93 Å². The predicted octanol–water partition coefficient (Wildman–Crippen LogP) is 3.56. The van der Waals surface area contributed by atoms with Crippen LogP contribution in [-0.4, -0.2) is 16.7 Å². The maximum absolute atomic E-state index is 11.4.